The Hall–Kier alpha value is -0.0800. The van der Waals surface area contributed by atoms with Crippen molar-refractivity contribution >= 4 is 0 Å². The molecule has 0 saturated heterocycles. The van der Waals surface area contributed by atoms with Gasteiger partial charge in [-0.25, -0.2) is 0 Å². The van der Waals surface area contributed by atoms with Crippen LogP contribution in [0.5, 0.6) is 0 Å². The Morgan fingerprint density at radius 3 is 2.53 bits per heavy atom. The first-order valence-corrected chi connectivity index (χ1v) is 7.33. The standard InChI is InChI=1S/C15H29NO/c1-15(2,3)8-14(17)10-16-9-13-7-11-4-5-12(13)6-11/h11-14,16-17H,4-10H2,1-3H3. The van der Waals surface area contributed by atoms with Crippen molar-refractivity contribution < 1.29 is 5.11 Å². The highest BCUT2D eigenvalue weighted by Gasteiger charge is 2.38. The van der Waals surface area contributed by atoms with Gasteiger partial charge >= 0.3 is 0 Å². The van der Waals surface area contributed by atoms with Gasteiger partial charge in [-0.1, -0.05) is 27.2 Å². The van der Waals surface area contributed by atoms with E-state index in [1.165, 1.54) is 25.7 Å². The predicted molar refractivity (Wildman–Crippen MR) is 71.9 cm³/mol. The molecule has 2 nitrogen and oxygen atoms in total. The van der Waals surface area contributed by atoms with E-state index in [1.54, 1.807) is 0 Å². The first-order chi connectivity index (χ1) is 7.94. The molecule has 17 heavy (non-hydrogen) atoms. The van der Waals surface area contributed by atoms with Gasteiger partial charge in [0.25, 0.3) is 0 Å². The fourth-order valence-electron chi connectivity index (χ4n) is 3.84. The lowest BCUT2D eigenvalue weighted by Gasteiger charge is -2.25. The molecule has 0 aromatic heterocycles. The van der Waals surface area contributed by atoms with Gasteiger partial charge in [0.15, 0.2) is 0 Å². The summed E-state index contributed by atoms with van der Waals surface area (Å²) in [7, 11) is 0. The van der Waals surface area contributed by atoms with Crippen molar-refractivity contribution in [2.24, 2.45) is 23.2 Å². The molecule has 2 bridgehead atoms. The summed E-state index contributed by atoms with van der Waals surface area (Å²) in [5.74, 6) is 2.93. The van der Waals surface area contributed by atoms with Crippen LogP contribution in [0.3, 0.4) is 0 Å². The van der Waals surface area contributed by atoms with Crippen LogP contribution in [0.1, 0.15) is 52.9 Å². The lowest BCUT2D eigenvalue weighted by atomic mass is 9.88. The van der Waals surface area contributed by atoms with Crippen LogP contribution in [0.4, 0.5) is 0 Å². The second-order valence-corrected chi connectivity index (χ2v) is 7.51. The lowest BCUT2D eigenvalue weighted by Crippen LogP contribution is -2.34. The third-order valence-electron chi connectivity index (χ3n) is 4.52. The smallest absolute Gasteiger partial charge is 0.0669 e. The molecule has 100 valence electrons. The van der Waals surface area contributed by atoms with E-state index in [2.05, 4.69) is 26.1 Å². The van der Waals surface area contributed by atoms with Crippen LogP contribution in [0.15, 0.2) is 0 Å². The molecule has 0 heterocycles. The lowest BCUT2D eigenvalue weighted by molar-refractivity contribution is 0.117. The molecule has 4 unspecified atom stereocenters. The van der Waals surface area contributed by atoms with Gasteiger partial charge in [0.1, 0.15) is 0 Å². The molecular weight excluding hydrogens is 210 g/mol. The van der Waals surface area contributed by atoms with Crippen LogP contribution >= 0.6 is 0 Å². The molecule has 4 atom stereocenters. The highest BCUT2D eigenvalue weighted by molar-refractivity contribution is 4.90. The number of hydrogen-bond donors (Lipinski definition) is 2. The maximum atomic E-state index is 9.93. The molecule has 2 aliphatic carbocycles. The number of nitrogens with one attached hydrogen (secondary N) is 1. The second-order valence-electron chi connectivity index (χ2n) is 7.51. The third-order valence-corrected chi connectivity index (χ3v) is 4.52. The van der Waals surface area contributed by atoms with E-state index >= 15 is 0 Å². The summed E-state index contributed by atoms with van der Waals surface area (Å²) in [5, 5.41) is 13.4. The van der Waals surface area contributed by atoms with E-state index < -0.39 is 0 Å². The third kappa shape index (κ3) is 3.96. The molecule has 0 aromatic rings. The highest BCUT2D eigenvalue weighted by atomic mass is 16.3. The average molecular weight is 239 g/mol. The van der Waals surface area contributed by atoms with Gasteiger partial charge in [0, 0.05) is 6.54 Å². The summed E-state index contributed by atoms with van der Waals surface area (Å²) in [6, 6.07) is 0. The van der Waals surface area contributed by atoms with Gasteiger partial charge < -0.3 is 10.4 Å². The molecule has 0 radical (unpaired) electrons. The molecular formula is C15H29NO. The van der Waals surface area contributed by atoms with Crippen molar-refractivity contribution in [2.75, 3.05) is 13.1 Å². The number of aliphatic hydroxyl groups is 1. The zero-order valence-electron chi connectivity index (χ0n) is 11.7. The largest absolute Gasteiger partial charge is 0.392 e. The first kappa shape index (κ1) is 13.4. The summed E-state index contributed by atoms with van der Waals surface area (Å²) >= 11 is 0. The van der Waals surface area contributed by atoms with Crippen molar-refractivity contribution in [1.82, 2.24) is 5.32 Å². The Bertz CT molecular complexity index is 246. The Balaban J connectivity index is 1.60. The summed E-state index contributed by atoms with van der Waals surface area (Å²) in [6.45, 7) is 8.46. The first-order valence-electron chi connectivity index (χ1n) is 7.33. The van der Waals surface area contributed by atoms with Crippen LogP contribution in [-0.4, -0.2) is 24.3 Å². The van der Waals surface area contributed by atoms with Gasteiger partial charge in [0.05, 0.1) is 6.10 Å². The monoisotopic (exact) mass is 239 g/mol. The second kappa shape index (κ2) is 5.27. The maximum Gasteiger partial charge on any atom is 0.0669 e. The van der Waals surface area contributed by atoms with Gasteiger partial charge in [0.2, 0.25) is 0 Å². The Kier molecular flexibility index (Phi) is 4.14. The SMILES string of the molecule is CC(C)(C)CC(O)CNCC1CC2CCC1C2. The van der Waals surface area contributed by atoms with Crippen molar-refractivity contribution in [1.29, 1.82) is 0 Å². The predicted octanol–water partition coefficient (Wildman–Crippen LogP) is 2.81. The molecule has 0 aliphatic heterocycles. The molecule has 0 aromatic carbocycles. The van der Waals surface area contributed by atoms with Gasteiger partial charge in [-0.3, -0.25) is 0 Å². The minimum absolute atomic E-state index is 0.186. The fourth-order valence-corrected chi connectivity index (χ4v) is 3.84. The van der Waals surface area contributed by atoms with Crippen LogP contribution in [0, 0.1) is 23.2 Å². The number of aliphatic hydroxyl groups excluding tert-OH is 1. The van der Waals surface area contributed by atoms with Crippen molar-refractivity contribution in [2.45, 2.75) is 59.0 Å². The summed E-state index contributed by atoms with van der Waals surface area (Å²) in [6.07, 6.45) is 6.56. The Morgan fingerprint density at radius 2 is 2.00 bits per heavy atom. The van der Waals surface area contributed by atoms with Crippen LogP contribution in [0.2, 0.25) is 0 Å². The Morgan fingerprint density at radius 1 is 1.24 bits per heavy atom. The van der Waals surface area contributed by atoms with Crippen molar-refractivity contribution in [3.63, 3.8) is 0 Å². The molecule has 2 fully saturated rings. The van der Waals surface area contributed by atoms with E-state index in [4.69, 9.17) is 0 Å². The topological polar surface area (TPSA) is 32.3 Å². The Labute approximate surface area is 106 Å². The van der Waals surface area contributed by atoms with E-state index in [9.17, 15) is 5.11 Å². The molecule has 0 spiro atoms. The zero-order chi connectivity index (χ0) is 12.5. The van der Waals surface area contributed by atoms with Crippen molar-refractivity contribution in [3.05, 3.63) is 0 Å². The highest BCUT2D eigenvalue weighted by Crippen LogP contribution is 2.47. The minimum Gasteiger partial charge on any atom is -0.392 e. The number of hydrogen-bond acceptors (Lipinski definition) is 2. The minimum atomic E-state index is -0.186. The molecule has 2 saturated carbocycles. The summed E-state index contributed by atoms with van der Waals surface area (Å²) in [4.78, 5) is 0. The molecule has 2 heteroatoms. The maximum absolute atomic E-state index is 9.93. The van der Waals surface area contributed by atoms with Gasteiger partial charge in [-0.05, 0) is 55.4 Å². The summed E-state index contributed by atoms with van der Waals surface area (Å²) in [5.41, 5.74) is 0.230. The molecule has 2 aliphatic rings. The molecule has 2 N–H and O–H groups in total. The van der Waals surface area contributed by atoms with Crippen LogP contribution in [-0.2, 0) is 0 Å². The average Bonchev–Trinajstić information content (AvgIpc) is 2.75. The van der Waals surface area contributed by atoms with E-state index in [1.807, 2.05) is 0 Å². The van der Waals surface area contributed by atoms with Gasteiger partial charge in [-0.2, -0.15) is 0 Å². The normalized spacial score (nSPS) is 34.2. The molecule has 2 rings (SSSR count). The number of fused-ring (bicyclic) bond motifs is 2. The van der Waals surface area contributed by atoms with Crippen LogP contribution in [0.25, 0.3) is 0 Å². The van der Waals surface area contributed by atoms with E-state index in [0.29, 0.717) is 0 Å². The molecule has 0 amide bonds. The quantitative estimate of drug-likeness (QED) is 0.773. The summed E-state index contributed by atoms with van der Waals surface area (Å²) < 4.78 is 0. The fraction of sp³-hybridized carbons (Fsp3) is 1.00. The van der Waals surface area contributed by atoms with Crippen molar-refractivity contribution in [3.8, 4) is 0 Å². The number of rotatable bonds is 5. The van der Waals surface area contributed by atoms with E-state index in [-0.39, 0.29) is 11.5 Å². The zero-order valence-corrected chi connectivity index (χ0v) is 11.7. The van der Waals surface area contributed by atoms with Crippen LogP contribution < -0.4 is 5.32 Å². The van der Waals surface area contributed by atoms with E-state index in [0.717, 1.165) is 37.3 Å². The van der Waals surface area contributed by atoms with Gasteiger partial charge in [-0.15, -0.1) is 0 Å².